The zero-order chi connectivity index (χ0) is 7.11. The van der Waals surface area contributed by atoms with Gasteiger partial charge in [-0.1, -0.05) is 0 Å². The number of hydrogen-bond acceptors (Lipinski definition) is 3. The maximum Gasteiger partial charge on any atom is 0.505 e. The molecule has 0 radical (unpaired) electrons. The van der Waals surface area contributed by atoms with E-state index in [0.717, 1.165) is 6.42 Å². The summed E-state index contributed by atoms with van der Waals surface area (Å²) in [4.78, 5) is 9.71. The molecular weight excluding hydrogens is 158 g/mol. The molecule has 0 aliphatic carbocycles. The third-order valence-corrected chi connectivity index (χ3v) is 0.824. The summed E-state index contributed by atoms with van der Waals surface area (Å²) < 4.78 is 4.20. The Balaban J connectivity index is 0. The maximum absolute atomic E-state index is 9.71. The van der Waals surface area contributed by atoms with E-state index in [4.69, 9.17) is 10.8 Å². The largest absolute Gasteiger partial charge is 0.505 e. The highest BCUT2D eigenvalue weighted by molar-refractivity contribution is 5.85. The highest BCUT2D eigenvalue weighted by atomic mass is 35.5. The summed E-state index contributed by atoms with van der Waals surface area (Å²) in [5, 5.41) is 7.96. The number of halogens is 1. The van der Waals surface area contributed by atoms with E-state index in [1.807, 2.05) is 0 Å². The van der Waals surface area contributed by atoms with Gasteiger partial charge in [-0.25, -0.2) is 4.79 Å². The Labute approximate surface area is 65.8 Å². The molecule has 0 rings (SSSR count). The van der Waals surface area contributed by atoms with Crippen LogP contribution in [0.15, 0.2) is 0 Å². The molecule has 0 heterocycles. The Hall–Kier alpha value is -0.480. The molecule has 0 amide bonds. The van der Waals surface area contributed by atoms with Crippen molar-refractivity contribution in [2.24, 2.45) is 5.73 Å². The number of carbonyl (C=O) groups is 1. The normalized spacial score (nSPS) is 8.10. The van der Waals surface area contributed by atoms with Crippen LogP contribution in [0.2, 0.25) is 0 Å². The lowest BCUT2D eigenvalue weighted by molar-refractivity contribution is 0.0903. The lowest BCUT2D eigenvalue weighted by Gasteiger charge is -1.96. The van der Waals surface area contributed by atoms with Gasteiger partial charge in [-0.3, -0.25) is 0 Å². The fraction of sp³-hybridized carbons (Fsp3) is 0.800. The SMILES string of the molecule is Cl.NCCCCOC(=O)O. The van der Waals surface area contributed by atoms with Crippen molar-refractivity contribution in [2.45, 2.75) is 12.8 Å². The molecule has 0 aliphatic heterocycles. The highest BCUT2D eigenvalue weighted by Crippen LogP contribution is 1.86. The van der Waals surface area contributed by atoms with Crippen LogP contribution >= 0.6 is 12.4 Å². The average Bonchev–Trinajstić information content (AvgIpc) is 1.80. The second kappa shape index (κ2) is 8.52. The predicted octanol–water partition coefficient (Wildman–Crippen LogP) is 0.842. The van der Waals surface area contributed by atoms with Gasteiger partial charge in [0, 0.05) is 0 Å². The van der Waals surface area contributed by atoms with Crippen LogP contribution in [0.3, 0.4) is 0 Å². The standard InChI is InChI=1S/C5H11NO3.ClH/c6-3-1-2-4-9-5(7)8;/h1-4,6H2,(H,7,8);1H. The summed E-state index contributed by atoms with van der Waals surface area (Å²) >= 11 is 0. The molecule has 0 saturated carbocycles. The molecule has 4 nitrogen and oxygen atoms in total. The first kappa shape index (κ1) is 12.2. The minimum absolute atomic E-state index is 0. The van der Waals surface area contributed by atoms with Crippen LogP contribution < -0.4 is 5.73 Å². The van der Waals surface area contributed by atoms with Gasteiger partial charge in [0.1, 0.15) is 0 Å². The molecule has 5 heteroatoms. The number of carboxylic acid groups (broad SMARTS) is 1. The van der Waals surface area contributed by atoms with Crippen molar-refractivity contribution < 1.29 is 14.6 Å². The predicted molar refractivity (Wildman–Crippen MR) is 39.5 cm³/mol. The highest BCUT2D eigenvalue weighted by Gasteiger charge is 1.93. The molecule has 0 fully saturated rings. The quantitative estimate of drug-likeness (QED) is 0.483. The first-order valence-electron chi connectivity index (χ1n) is 2.83. The van der Waals surface area contributed by atoms with Crippen molar-refractivity contribution in [1.82, 2.24) is 0 Å². The van der Waals surface area contributed by atoms with Crippen LogP contribution in [-0.4, -0.2) is 24.4 Å². The molecule has 0 bridgehead atoms. The van der Waals surface area contributed by atoms with Gasteiger partial charge in [0.05, 0.1) is 6.61 Å². The zero-order valence-electron chi connectivity index (χ0n) is 5.58. The van der Waals surface area contributed by atoms with E-state index in [1.165, 1.54) is 0 Å². The second-order valence-electron chi connectivity index (χ2n) is 1.61. The van der Waals surface area contributed by atoms with Crippen molar-refractivity contribution in [3.05, 3.63) is 0 Å². The minimum atomic E-state index is -1.22. The Morgan fingerprint density at radius 3 is 2.50 bits per heavy atom. The molecule has 62 valence electrons. The number of nitrogens with two attached hydrogens (primary N) is 1. The lowest BCUT2D eigenvalue weighted by Crippen LogP contribution is -2.04. The minimum Gasteiger partial charge on any atom is -0.450 e. The first-order valence-corrected chi connectivity index (χ1v) is 2.83. The summed E-state index contributed by atoms with van der Waals surface area (Å²) in [6.07, 6.45) is 0.308. The molecule has 0 aliphatic rings. The Morgan fingerprint density at radius 2 is 2.10 bits per heavy atom. The fourth-order valence-electron chi connectivity index (χ4n) is 0.406. The summed E-state index contributed by atoms with van der Waals surface area (Å²) in [7, 11) is 0. The van der Waals surface area contributed by atoms with Crippen LogP contribution in [0.1, 0.15) is 12.8 Å². The van der Waals surface area contributed by atoms with E-state index in [9.17, 15) is 4.79 Å². The van der Waals surface area contributed by atoms with Crippen LogP contribution in [0.4, 0.5) is 4.79 Å². The topological polar surface area (TPSA) is 72.5 Å². The summed E-state index contributed by atoms with van der Waals surface area (Å²) in [6.45, 7) is 0.843. The van der Waals surface area contributed by atoms with Crippen LogP contribution in [0.25, 0.3) is 0 Å². The lowest BCUT2D eigenvalue weighted by atomic mass is 10.3. The second-order valence-corrected chi connectivity index (χ2v) is 1.61. The van der Waals surface area contributed by atoms with E-state index in [2.05, 4.69) is 4.74 Å². The van der Waals surface area contributed by atoms with Crippen LogP contribution in [0, 0.1) is 0 Å². The van der Waals surface area contributed by atoms with E-state index in [-0.39, 0.29) is 19.0 Å². The molecular formula is C5H12ClNO3. The Kier molecular flexibility index (Phi) is 10.4. The van der Waals surface area contributed by atoms with Crippen molar-refractivity contribution in [1.29, 1.82) is 0 Å². The third-order valence-electron chi connectivity index (χ3n) is 0.824. The zero-order valence-corrected chi connectivity index (χ0v) is 6.39. The Morgan fingerprint density at radius 1 is 1.50 bits per heavy atom. The van der Waals surface area contributed by atoms with Gasteiger partial charge >= 0.3 is 6.16 Å². The van der Waals surface area contributed by atoms with Gasteiger partial charge in [-0.2, -0.15) is 0 Å². The average molecular weight is 170 g/mol. The third kappa shape index (κ3) is 10.5. The van der Waals surface area contributed by atoms with Gasteiger partial charge in [0.15, 0.2) is 0 Å². The van der Waals surface area contributed by atoms with Gasteiger partial charge < -0.3 is 15.6 Å². The monoisotopic (exact) mass is 169 g/mol. The van der Waals surface area contributed by atoms with Gasteiger partial charge in [-0.15, -0.1) is 12.4 Å². The molecule has 0 atom stereocenters. The first-order chi connectivity index (χ1) is 4.27. The Bertz CT molecular complexity index is 89.0. The van der Waals surface area contributed by atoms with Crippen molar-refractivity contribution >= 4 is 18.6 Å². The molecule has 0 aromatic carbocycles. The number of unbranched alkanes of at least 4 members (excludes halogenated alkanes) is 1. The van der Waals surface area contributed by atoms with Crippen molar-refractivity contribution in [2.75, 3.05) is 13.2 Å². The van der Waals surface area contributed by atoms with E-state index in [0.29, 0.717) is 13.0 Å². The molecule has 0 aromatic rings. The molecule has 0 unspecified atom stereocenters. The summed E-state index contributed by atoms with van der Waals surface area (Å²) in [5.41, 5.74) is 5.14. The van der Waals surface area contributed by atoms with Gasteiger partial charge in [0.2, 0.25) is 0 Å². The van der Waals surface area contributed by atoms with E-state index >= 15 is 0 Å². The van der Waals surface area contributed by atoms with Gasteiger partial charge in [0.25, 0.3) is 0 Å². The number of rotatable bonds is 4. The van der Waals surface area contributed by atoms with Crippen molar-refractivity contribution in [3.63, 3.8) is 0 Å². The fourth-order valence-corrected chi connectivity index (χ4v) is 0.406. The number of ether oxygens (including phenoxy) is 1. The maximum atomic E-state index is 9.71. The molecule has 0 spiro atoms. The molecule has 0 saturated heterocycles. The van der Waals surface area contributed by atoms with Gasteiger partial charge in [-0.05, 0) is 19.4 Å². The molecule has 3 N–H and O–H groups in total. The van der Waals surface area contributed by atoms with Crippen LogP contribution in [0.5, 0.6) is 0 Å². The van der Waals surface area contributed by atoms with Crippen molar-refractivity contribution in [3.8, 4) is 0 Å². The van der Waals surface area contributed by atoms with Crippen LogP contribution in [-0.2, 0) is 4.74 Å². The number of hydrogen-bond donors (Lipinski definition) is 2. The molecule has 0 aromatic heterocycles. The van der Waals surface area contributed by atoms with E-state index < -0.39 is 6.16 Å². The summed E-state index contributed by atoms with van der Waals surface area (Å²) in [6, 6.07) is 0. The smallest absolute Gasteiger partial charge is 0.450 e. The summed E-state index contributed by atoms with van der Waals surface area (Å²) in [5.74, 6) is 0. The molecule has 10 heavy (non-hydrogen) atoms. The van der Waals surface area contributed by atoms with E-state index in [1.54, 1.807) is 0 Å².